The number of benzene rings is 2. The lowest BCUT2D eigenvalue weighted by atomic mass is 10.1. The van der Waals surface area contributed by atoms with Crippen LogP contribution in [0.4, 0.5) is 0 Å². The van der Waals surface area contributed by atoms with Crippen LogP contribution in [0.25, 0.3) is 0 Å². The predicted molar refractivity (Wildman–Crippen MR) is 108 cm³/mol. The summed E-state index contributed by atoms with van der Waals surface area (Å²) in [6.07, 6.45) is 5.96. The van der Waals surface area contributed by atoms with Gasteiger partial charge in [-0.1, -0.05) is 62.2 Å². The van der Waals surface area contributed by atoms with Gasteiger partial charge in [0.25, 0.3) is 0 Å². The van der Waals surface area contributed by atoms with E-state index < -0.39 is 10.1 Å². The minimum Gasteiger partial charge on any atom is -0.748 e. The Hall–Kier alpha value is -0.340. The fraction of sp³-hybridized carbons (Fsp3) is 0.400. The first-order valence-electron chi connectivity index (χ1n) is 8.89. The minimum atomic E-state index is -3.97. The van der Waals surface area contributed by atoms with E-state index in [9.17, 15) is 13.0 Å². The third kappa shape index (κ3) is 13.5. The summed E-state index contributed by atoms with van der Waals surface area (Å²) in [5.74, 6) is -0.195. The summed E-state index contributed by atoms with van der Waals surface area (Å²) in [6, 6.07) is 16.1. The largest absolute Gasteiger partial charge is 0.748 e. The van der Waals surface area contributed by atoms with E-state index >= 15 is 0 Å². The summed E-state index contributed by atoms with van der Waals surface area (Å²) >= 11 is 11.5. The maximum atomic E-state index is 10.2. The van der Waals surface area contributed by atoms with Crippen LogP contribution in [0.15, 0.2) is 48.5 Å². The molecule has 0 aliphatic carbocycles. The molecule has 0 unspecified atom stereocenters. The van der Waals surface area contributed by atoms with Crippen LogP contribution in [-0.4, -0.2) is 18.7 Å². The monoisotopic (exact) mass is 542 g/mol. The summed E-state index contributed by atoms with van der Waals surface area (Å²) in [5.41, 5.74) is 0. The Kier molecular flexibility index (Phi) is 12.6. The van der Waals surface area contributed by atoms with Gasteiger partial charge >= 0.3 is 21.2 Å². The zero-order valence-electron chi connectivity index (χ0n) is 15.3. The second-order valence-corrected chi connectivity index (χ2v) is 11.4. The van der Waals surface area contributed by atoms with Crippen molar-refractivity contribution in [3.63, 3.8) is 0 Å². The average molecular weight is 543 g/mol. The Morgan fingerprint density at radius 3 is 1.59 bits per heavy atom. The smallest absolute Gasteiger partial charge is 0.357 e. The van der Waals surface area contributed by atoms with Gasteiger partial charge in [0.2, 0.25) is 0 Å². The van der Waals surface area contributed by atoms with Gasteiger partial charge in [-0.15, -0.1) is 0 Å². The quantitative estimate of drug-likeness (QED) is 0.278. The van der Waals surface area contributed by atoms with Gasteiger partial charge < -0.3 is 4.55 Å². The third-order valence-electron chi connectivity index (χ3n) is 3.57. The molecule has 3 nitrogen and oxygen atoms in total. The van der Waals surface area contributed by atoms with Crippen LogP contribution >= 0.6 is 23.2 Å². The molecule has 0 radical (unpaired) electrons. The summed E-state index contributed by atoms with van der Waals surface area (Å²) in [7, 11) is -3.97. The van der Waals surface area contributed by atoms with Gasteiger partial charge in [0.05, 0.1) is 10.1 Å². The number of rotatable bonds is 9. The van der Waals surface area contributed by atoms with Crippen LogP contribution in [0.3, 0.4) is 0 Å². The molecule has 2 rings (SSSR count). The fourth-order valence-electron chi connectivity index (χ4n) is 2.17. The molecule has 27 heavy (non-hydrogen) atoms. The standard InChI is InChI=1S/C12H8Cl2I.C8H18O3S/c13-9-1-5-11(6-2-9)15-12-7-3-10(14)4-8-12;1-2-3-4-5-6-7-8-12(9,10)11/h1-8H;2-8H2,1H3,(H,9,10,11)/q+1;/p-1. The molecule has 0 aliphatic heterocycles. The van der Waals surface area contributed by atoms with Crippen LogP contribution in [0.2, 0.25) is 10.0 Å². The molecule has 0 aliphatic rings. The lowest BCUT2D eigenvalue weighted by Crippen LogP contribution is -3.61. The Bertz CT molecular complexity index is 704. The first kappa shape index (κ1) is 24.7. The Morgan fingerprint density at radius 2 is 1.19 bits per heavy atom. The molecule has 0 N–H and O–H groups in total. The number of hydrogen-bond donors (Lipinski definition) is 0. The van der Waals surface area contributed by atoms with Gasteiger partial charge in [-0.2, -0.15) is 0 Å². The van der Waals surface area contributed by atoms with Crippen molar-refractivity contribution in [1.82, 2.24) is 0 Å². The van der Waals surface area contributed by atoms with Gasteiger partial charge in [0, 0.05) is 15.8 Å². The lowest BCUT2D eigenvalue weighted by Gasteiger charge is -2.05. The molecule has 0 aromatic heterocycles. The molecular weight excluding hydrogens is 518 g/mol. The molecular formula is C20H25Cl2IO3S. The Labute approximate surface area is 183 Å². The van der Waals surface area contributed by atoms with Gasteiger partial charge in [-0.3, -0.25) is 0 Å². The van der Waals surface area contributed by atoms with Gasteiger partial charge in [-0.05, 0) is 55.0 Å². The molecule has 0 bridgehead atoms. The van der Waals surface area contributed by atoms with E-state index in [1.165, 1.54) is 20.0 Å². The molecule has 0 fully saturated rings. The normalized spacial score (nSPS) is 11.0. The highest BCUT2D eigenvalue weighted by Gasteiger charge is 2.14. The maximum Gasteiger partial charge on any atom is 0.357 e. The predicted octanol–water partition coefficient (Wildman–Crippen LogP) is 3.01. The van der Waals surface area contributed by atoms with Crippen LogP contribution in [0.5, 0.6) is 0 Å². The van der Waals surface area contributed by atoms with Crippen molar-refractivity contribution in [1.29, 1.82) is 0 Å². The summed E-state index contributed by atoms with van der Waals surface area (Å²) in [5, 5.41) is 1.58. The first-order chi connectivity index (χ1) is 12.8. The van der Waals surface area contributed by atoms with E-state index in [-0.39, 0.29) is 27.0 Å². The van der Waals surface area contributed by atoms with Crippen molar-refractivity contribution < 1.29 is 34.2 Å². The van der Waals surface area contributed by atoms with Crippen LogP contribution in [-0.2, 0) is 10.1 Å². The Balaban J connectivity index is 0.000000279. The van der Waals surface area contributed by atoms with E-state index in [0.717, 1.165) is 29.3 Å². The van der Waals surface area contributed by atoms with Crippen molar-refractivity contribution in [2.75, 3.05) is 5.75 Å². The van der Waals surface area contributed by atoms with Crippen molar-refractivity contribution in [3.05, 3.63) is 65.7 Å². The minimum absolute atomic E-state index is 0.114. The van der Waals surface area contributed by atoms with Crippen LogP contribution in [0.1, 0.15) is 45.4 Å². The van der Waals surface area contributed by atoms with Gasteiger partial charge in [-0.25, -0.2) is 8.42 Å². The molecule has 2 aromatic carbocycles. The summed E-state index contributed by atoms with van der Waals surface area (Å²) in [6.45, 7) is 2.13. The Morgan fingerprint density at radius 1 is 0.778 bits per heavy atom. The first-order valence-corrected chi connectivity index (χ1v) is 13.4. The average Bonchev–Trinajstić information content (AvgIpc) is 2.62. The van der Waals surface area contributed by atoms with E-state index in [2.05, 4.69) is 31.2 Å². The molecule has 0 amide bonds. The highest BCUT2D eigenvalue weighted by Crippen LogP contribution is 2.06. The number of unbranched alkanes of at least 4 members (excludes halogenated alkanes) is 5. The second kappa shape index (κ2) is 13.8. The van der Waals surface area contributed by atoms with Crippen molar-refractivity contribution in [2.45, 2.75) is 45.4 Å². The highest BCUT2D eigenvalue weighted by atomic mass is 127. The SMILES string of the molecule is CCCCCCCCS(=O)(=O)[O-].Clc1ccc([I+]c2ccc(Cl)cc2)cc1. The molecule has 0 atom stereocenters. The fourth-order valence-corrected chi connectivity index (χ4v) is 5.14. The zero-order valence-corrected chi connectivity index (χ0v) is 19.8. The summed E-state index contributed by atoms with van der Waals surface area (Å²) in [4.78, 5) is 0. The molecule has 2 aromatic rings. The number of halogens is 3. The van der Waals surface area contributed by atoms with Gasteiger partial charge in [0.15, 0.2) is 7.14 Å². The topological polar surface area (TPSA) is 57.2 Å². The molecule has 0 spiro atoms. The summed E-state index contributed by atoms with van der Waals surface area (Å²) < 4.78 is 33.2. The number of hydrogen-bond acceptors (Lipinski definition) is 3. The molecule has 0 heterocycles. The maximum absolute atomic E-state index is 10.2. The second-order valence-electron chi connectivity index (χ2n) is 6.00. The van der Waals surface area contributed by atoms with Crippen LogP contribution in [0, 0.1) is 7.14 Å². The van der Waals surface area contributed by atoms with Gasteiger partial charge in [0.1, 0.15) is 0 Å². The highest BCUT2D eigenvalue weighted by molar-refractivity contribution is 7.85. The van der Waals surface area contributed by atoms with Crippen molar-refractivity contribution >= 4 is 33.3 Å². The van der Waals surface area contributed by atoms with E-state index in [1.807, 2.05) is 24.3 Å². The lowest BCUT2D eigenvalue weighted by molar-refractivity contribution is -0.597. The molecule has 150 valence electrons. The van der Waals surface area contributed by atoms with Crippen molar-refractivity contribution in [2.24, 2.45) is 0 Å². The molecule has 7 heteroatoms. The van der Waals surface area contributed by atoms with E-state index in [0.29, 0.717) is 6.42 Å². The van der Waals surface area contributed by atoms with Crippen LogP contribution < -0.4 is 21.2 Å². The van der Waals surface area contributed by atoms with E-state index in [4.69, 9.17) is 23.2 Å². The third-order valence-corrected chi connectivity index (χ3v) is 7.55. The molecule has 0 saturated carbocycles. The van der Waals surface area contributed by atoms with E-state index in [1.54, 1.807) is 0 Å². The molecule has 0 saturated heterocycles. The zero-order chi connectivity index (χ0) is 20.1. The van der Waals surface area contributed by atoms with Crippen molar-refractivity contribution in [3.8, 4) is 0 Å².